The highest BCUT2D eigenvalue weighted by atomic mass is 32.1. The topological polar surface area (TPSA) is 68.9 Å². The number of nitrogens with two attached hydrogens (primary N) is 1. The van der Waals surface area contributed by atoms with E-state index in [0.717, 1.165) is 11.3 Å². The van der Waals surface area contributed by atoms with Gasteiger partial charge in [-0.3, -0.25) is 5.43 Å². The second-order valence-corrected chi connectivity index (χ2v) is 4.12. The molecule has 0 amide bonds. The molecule has 0 aliphatic carbocycles. The molecular formula is C13H17N3O2S. The van der Waals surface area contributed by atoms with Crippen molar-refractivity contribution in [3.05, 3.63) is 29.8 Å². The molecule has 1 rings (SSSR count). The number of nitrogens with one attached hydrogen (secondary N) is 1. The maximum Gasteiger partial charge on any atom is 0.184 e. The average Bonchev–Trinajstić information content (AvgIpc) is 2.42. The van der Waals surface area contributed by atoms with E-state index in [1.165, 1.54) is 0 Å². The Kier molecular flexibility index (Phi) is 5.81. The fourth-order valence-corrected chi connectivity index (χ4v) is 1.40. The van der Waals surface area contributed by atoms with E-state index in [1.807, 2.05) is 37.3 Å². The number of allylic oxidation sites excluding steroid dienone is 1. The first-order valence-electron chi connectivity index (χ1n) is 5.56. The minimum atomic E-state index is 0.138. The molecule has 102 valence electrons. The Morgan fingerprint density at radius 2 is 2.00 bits per heavy atom. The number of hydrogen-bond donors (Lipinski definition) is 2. The summed E-state index contributed by atoms with van der Waals surface area (Å²) in [4.78, 5) is 0. The van der Waals surface area contributed by atoms with Crippen molar-refractivity contribution in [1.29, 1.82) is 0 Å². The molecule has 19 heavy (non-hydrogen) atoms. The third kappa shape index (κ3) is 4.97. The van der Waals surface area contributed by atoms with Crippen molar-refractivity contribution >= 4 is 29.1 Å². The predicted molar refractivity (Wildman–Crippen MR) is 81.6 cm³/mol. The van der Waals surface area contributed by atoms with Crippen LogP contribution in [-0.2, 0) is 0 Å². The molecule has 0 saturated carbocycles. The molecule has 0 aromatic heterocycles. The van der Waals surface area contributed by atoms with Gasteiger partial charge in [-0.25, -0.2) is 0 Å². The Bertz CT molecular complexity index is 513. The number of ether oxygens (including phenoxy) is 2. The molecule has 0 spiro atoms. The van der Waals surface area contributed by atoms with E-state index in [2.05, 4.69) is 22.7 Å². The number of rotatable bonds is 5. The van der Waals surface area contributed by atoms with Gasteiger partial charge in [0.2, 0.25) is 0 Å². The van der Waals surface area contributed by atoms with E-state index >= 15 is 0 Å². The Labute approximate surface area is 118 Å². The summed E-state index contributed by atoms with van der Waals surface area (Å²) in [6, 6.07) is 5.65. The van der Waals surface area contributed by atoms with Crippen LogP contribution in [0.1, 0.15) is 12.5 Å². The summed E-state index contributed by atoms with van der Waals surface area (Å²) < 4.78 is 10.4. The maximum atomic E-state index is 5.28. The van der Waals surface area contributed by atoms with Crippen LogP contribution in [0.4, 0.5) is 0 Å². The van der Waals surface area contributed by atoms with Gasteiger partial charge in [0.15, 0.2) is 16.6 Å². The number of hydrazone groups is 1. The minimum absolute atomic E-state index is 0.138. The van der Waals surface area contributed by atoms with Crippen LogP contribution in [0.15, 0.2) is 29.4 Å². The van der Waals surface area contributed by atoms with Crippen molar-refractivity contribution in [2.24, 2.45) is 10.8 Å². The Hall–Kier alpha value is -2.08. The molecule has 0 aliphatic rings. The summed E-state index contributed by atoms with van der Waals surface area (Å²) in [5, 5.41) is 4.11. The second-order valence-electron chi connectivity index (χ2n) is 3.68. The minimum Gasteiger partial charge on any atom is -0.493 e. The highest BCUT2D eigenvalue weighted by molar-refractivity contribution is 7.80. The summed E-state index contributed by atoms with van der Waals surface area (Å²) in [7, 11) is 3.20. The fraction of sp³-hybridized carbons (Fsp3) is 0.231. The molecule has 1 aromatic carbocycles. The van der Waals surface area contributed by atoms with Gasteiger partial charge >= 0.3 is 0 Å². The predicted octanol–water partition coefficient (Wildman–Crippen LogP) is 1.93. The normalized spacial score (nSPS) is 11.4. The molecule has 6 heteroatoms. The zero-order valence-corrected chi connectivity index (χ0v) is 12.0. The van der Waals surface area contributed by atoms with Gasteiger partial charge < -0.3 is 15.2 Å². The van der Waals surface area contributed by atoms with Crippen LogP contribution >= 0.6 is 12.2 Å². The van der Waals surface area contributed by atoms with Gasteiger partial charge in [-0.15, -0.1) is 0 Å². The standard InChI is InChI=1S/C13H17N3O2S/c1-9(15-16-13(14)19)4-5-10-6-7-11(17-2)12(8-10)18-3/h4-8H,1-3H3,(H3,14,16,19)/b5-4+,15-9+. The van der Waals surface area contributed by atoms with Gasteiger partial charge in [0.05, 0.1) is 19.9 Å². The van der Waals surface area contributed by atoms with Crippen LogP contribution in [0.3, 0.4) is 0 Å². The van der Waals surface area contributed by atoms with Gasteiger partial charge in [0.25, 0.3) is 0 Å². The lowest BCUT2D eigenvalue weighted by molar-refractivity contribution is 0.355. The fourth-order valence-electron chi connectivity index (χ4n) is 1.35. The molecular weight excluding hydrogens is 262 g/mol. The van der Waals surface area contributed by atoms with Crippen molar-refractivity contribution in [2.45, 2.75) is 6.92 Å². The maximum absolute atomic E-state index is 5.28. The van der Waals surface area contributed by atoms with E-state index < -0.39 is 0 Å². The lowest BCUT2D eigenvalue weighted by Crippen LogP contribution is -2.24. The highest BCUT2D eigenvalue weighted by Gasteiger charge is 2.02. The van der Waals surface area contributed by atoms with E-state index in [9.17, 15) is 0 Å². The van der Waals surface area contributed by atoms with E-state index in [1.54, 1.807) is 14.2 Å². The summed E-state index contributed by atoms with van der Waals surface area (Å²) in [5.41, 5.74) is 9.53. The molecule has 3 N–H and O–H groups in total. The number of methoxy groups -OCH3 is 2. The first kappa shape index (κ1) is 15.0. The third-order valence-electron chi connectivity index (χ3n) is 2.27. The van der Waals surface area contributed by atoms with Crippen molar-refractivity contribution in [1.82, 2.24) is 5.43 Å². The van der Waals surface area contributed by atoms with Crippen LogP contribution in [0.2, 0.25) is 0 Å². The van der Waals surface area contributed by atoms with Crippen LogP contribution in [0, 0.1) is 0 Å². The highest BCUT2D eigenvalue weighted by Crippen LogP contribution is 2.27. The third-order valence-corrected chi connectivity index (χ3v) is 2.36. The zero-order chi connectivity index (χ0) is 14.3. The Morgan fingerprint density at radius 3 is 2.58 bits per heavy atom. The van der Waals surface area contributed by atoms with Crippen LogP contribution < -0.4 is 20.6 Å². The van der Waals surface area contributed by atoms with Crippen LogP contribution in [0.5, 0.6) is 11.5 Å². The smallest absolute Gasteiger partial charge is 0.184 e. The monoisotopic (exact) mass is 279 g/mol. The molecule has 0 bridgehead atoms. The molecule has 0 radical (unpaired) electrons. The second kappa shape index (κ2) is 7.38. The molecule has 0 atom stereocenters. The SMILES string of the molecule is COc1ccc(/C=C/C(C)=N/NC(N)=S)cc1OC. The quantitative estimate of drug-likeness (QED) is 0.489. The first-order chi connectivity index (χ1) is 9.06. The Balaban J connectivity index is 2.82. The first-order valence-corrected chi connectivity index (χ1v) is 5.97. The van der Waals surface area contributed by atoms with Crippen LogP contribution in [-0.4, -0.2) is 25.0 Å². The Morgan fingerprint density at radius 1 is 1.32 bits per heavy atom. The largest absolute Gasteiger partial charge is 0.493 e. The van der Waals surface area contributed by atoms with Gasteiger partial charge in [0, 0.05) is 0 Å². The molecule has 0 aliphatic heterocycles. The lowest BCUT2D eigenvalue weighted by atomic mass is 10.1. The van der Waals surface area contributed by atoms with Gasteiger partial charge in [-0.05, 0) is 42.9 Å². The average molecular weight is 279 g/mol. The molecule has 5 nitrogen and oxygen atoms in total. The van der Waals surface area contributed by atoms with E-state index in [-0.39, 0.29) is 5.11 Å². The molecule has 1 aromatic rings. The van der Waals surface area contributed by atoms with Crippen molar-refractivity contribution in [3.63, 3.8) is 0 Å². The van der Waals surface area contributed by atoms with E-state index in [0.29, 0.717) is 11.5 Å². The number of benzene rings is 1. The number of hydrogen-bond acceptors (Lipinski definition) is 4. The number of thiocarbonyl (C=S) groups is 1. The molecule has 0 unspecified atom stereocenters. The summed E-state index contributed by atoms with van der Waals surface area (Å²) in [6.45, 7) is 1.84. The lowest BCUT2D eigenvalue weighted by Gasteiger charge is -2.07. The van der Waals surface area contributed by atoms with Crippen LogP contribution in [0.25, 0.3) is 6.08 Å². The van der Waals surface area contributed by atoms with Crippen molar-refractivity contribution < 1.29 is 9.47 Å². The van der Waals surface area contributed by atoms with E-state index in [4.69, 9.17) is 15.2 Å². The molecule has 0 saturated heterocycles. The van der Waals surface area contributed by atoms with Crippen molar-refractivity contribution in [2.75, 3.05) is 14.2 Å². The summed E-state index contributed by atoms with van der Waals surface area (Å²) >= 11 is 4.66. The van der Waals surface area contributed by atoms with Gasteiger partial charge in [0.1, 0.15) is 0 Å². The van der Waals surface area contributed by atoms with Gasteiger partial charge in [-0.2, -0.15) is 5.10 Å². The molecule has 0 heterocycles. The van der Waals surface area contributed by atoms with Crippen molar-refractivity contribution in [3.8, 4) is 11.5 Å². The van der Waals surface area contributed by atoms with Gasteiger partial charge in [-0.1, -0.05) is 12.1 Å². The zero-order valence-electron chi connectivity index (χ0n) is 11.1. The summed E-state index contributed by atoms with van der Waals surface area (Å²) in [6.07, 6.45) is 3.74. The number of nitrogens with zero attached hydrogens (tertiary/aromatic N) is 1. The molecule has 0 fully saturated rings. The summed E-state index contributed by atoms with van der Waals surface area (Å²) in [5.74, 6) is 1.38.